The molecule has 2 aromatic heterocycles. The smallest absolute Gasteiger partial charge is 0.338 e. The van der Waals surface area contributed by atoms with Gasteiger partial charge in [0, 0.05) is 37.0 Å². The molecule has 0 aliphatic carbocycles. The quantitative estimate of drug-likeness (QED) is 0.745. The third-order valence-corrected chi connectivity index (χ3v) is 4.77. The summed E-state index contributed by atoms with van der Waals surface area (Å²) in [7, 11) is 0. The lowest BCUT2D eigenvalue weighted by molar-refractivity contribution is -0.137. The first-order chi connectivity index (χ1) is 12.9. The molecule has 4 rings (SSSR count). The third-order valence-electron chi connectivity index (χ3n) is 4.77. The molecule has 0 spiro atoms. The zero-order valence-electron chi connectivity index (χ0n) is 14.2. The van der Waals surface area contributed by atoms with Crippen molar-refractivity contribution >= 4 is 17.1 Å². The molecule has 1 unspecified atom stereocenters. The molecule has 1 N–H and O–H groups in total. The van der Waals surface area contributed by atoms with Gasteiger partial charge in [-0.25, -0.2) is 9.97 Å². The molecule has 1 aliphatic rings. The van der Waals surface area contributed by atoms with E-state index in [9.17, 15) is 18.0 Å². The Labute approximate surface area is 152 Å². The summed E-state index contributed by atoms with van der Waals surface area (Å²) < 4.78 is 38.8. The number of aromatic nitrogens is 4. The lowest BCUT2D eigenvalue weighted by atomic mass is 9.93. The summed E-state index contributed by atoms with van der Waals surface area (Å²) in [6.45, 7) is 0.895. The maximum Gasteiger partial charge on any atom is 0.416 e. The van der Waals surface area contributed by atoms with E-state index in [2.05, 4.69) is 20.2 Å². The van der Waals surface area contributed by atoms with Crippen LogP contribution in [0.25, 0.3) is 11.2 Å². The Bertz CT molecular complexity index is 984. The molecule has 0 radical (unpaired) electrons. The van der Waals surface area contributed by atoms with E-state index in [4.69, 9.17) is 0 Å². The number of carbonyl (C=O) groups is 1. The Morgan fingerprint density at radius 2 is 2.04 bits per heavy atom. The first kappa shape index (κ1) is 17.4. The molecule has 3 aromatic rings. The van der Waals surface area contributed by atoms with E-state index in [-0.39, 0.29) is 11.5 Å². The highest BCUT2D eigenvalue weighted by Crippen LogP contribution is 2.32. The van der Waals surface area contributed by atoms with Gasteiger partial charge in [-0.2, -0.15) is 18.3 Å². The molecule has 1 fully saturated rings. The summed E-state index contributed by atoms with van der Waals surface area (Å²) >= 11 is 0. The van der Waals surface area contributed by atoms with Crippen LogP contribution in [-0.2, 0) is 6.18 Å². The topological polar surface area (TPSA) is 74.8 Å². The van der Waals surface area contributed by atoms with Gasteiger partial charge in [-0.1, -0.05) is 6.07 Å². The minimum absolute atomic E-state index is 0.0183. The Kier molecular flexibility index (Phi) is 4.29. The second kappa shape index (κ2) is 6.64. The minimum atomic E-state index is -4.48. The van der Waals surface area contributed by atoms with Crippen molar-refractivity contribution in [1.29, 1.82) is 0 Å². The molecule has 1 atom stereocenters. The monoisotopic (exact) mass is 375 g/mol. The number of hydrogen-bond donors (Lipinski definition) is 1. The molecule has 1 aromatic carbocycles. The average Bonchev–Trinajstić information content (AvgIpc) is 3.11. The first-order valence-electron chi connectivity index (χ1n) is 8.55. The van der Waals surface area contributed by atoms with E-state index >= 15 is 0 Å². The molecule has 0 saturated carbocycles. The van der Waals surface area contributed by atoms with E-state index in [1.165, 1.54) is 12.1 Å². The lowest BCUT2D eigenvalue weighted by Gasteiger charge is -2.32. The highest BCUT2D eigenvalue weighted by molar-refractivity contribution is 5.94. The van der Waals surface area contributed by atoms with Gasteiger partial charge in [-0.15, -0.1) is 0 Å². The molecule has 140 valence electrons. The van der Waals surface area contributed by atoms with Crippen LogP contribution in [-0.4, -0.2) is 44.1 Å². The lowest BCUT2D eigenvalue weighted by Crippen LogP contribution is -2.39. The summed E-state index contributed by atoms with van der Waals surface area (Å²) in [6.07, 6.45) is 0.234. The number of benzene rings is 1. The van der Waals surface area contributed by atoms with Crippen LogP contribution < -0.4 is 0 Å². The molecule has 6 nitrogen and oxygen atoms in total. The van der Waals surface area contributed by atoms with E-state index in [0.717, 1.165) is 30.7 Å². The van der Waals surface area contributed by atoms with Gasteiger partial charge in [-0.05, 0) is 31.0 Å². The number of nitrogens with one attached hydrogen (secondary N) is 1. The Morgan fingerprint density at radius 1 is 1.22 bits per heavy atom. The summed E-state index contributed by atoms with van der Waals surface area (Å²) in [6, 6.07) is 4.54. The zero-order valence-corrected chi connectivity index (χ0v) is 14.2. The molecule has 3 heterocycles. The summed E-state index contributed by atoms with van der Waals surface area (Å²) in [5.41, 5.74) is 1.20. The van der Waals surface area contributed by atoms with Gasteiger partial charge in [0.1, 0.15) is 5.52 Å². The number of hydrogen-bond acceptors (Lipinski definition) is 4. The summed E-state index contributed by atoms with van der Waals surface area (Å²) in [5.74, 6) is -0.420. The number of nitrogens with zero attached hydrogens (tertiary/aromatic N) is 4. The molecular weight excluding hydrogens is 359 g/mol. The van der Waals surface area contributed by atoms with Crippen molar-refractivity contribution in [3.05, 3.63) is 53.5 Å². The van der Waals surface area contributed by atoms with Crippen LogP contribution in [0.1, 0.15) is 40.4 Å². The van der Waals surface area contributed by atoms with Gasteiger partial charge in [-0.3, -0.25) is 9.89 Å². The molecule has 1 aliphatic heterocycles. The van der Waals surface area contributed by atoms with Gasteiger partial charge in [0.15, 0.2) is 5.65 Å². The Morgan fingerprint density at radius 3 is 2.85 bits per heavy atom. The van der Waals surface area contributed by atoms with Crippen LogP contribution in [0.5, 0.6) is 0 Å². The van der Waals surface area contributed by atoms with Gasteiger partial charge in [0.25, 0.3) is 5.91 Å². The largest absolute Gasteiger partial charge is 0.416 e. The Balaban J connectivity index is 1.57. The minimum Gasteiger partial charge on any atom is -0.338 e. The van der Waals surface area contributed by atoms with Crippen molar-refractivity contribution < 1.29 is 18.0 Å². The number of fused-ring (bicyclic) bond motifs is 1. The van der Waals surface area contributed by atoms with Crippen LogP contribution in [0.4, 0.5) is 13.2 Å². The number of H-pyrrole nitrogens is 1. The number of amides is 1. The third kappa shape index (κ3) is 3.36. The second-order valence-electron chi connectivity index (χ2n) is 6.53. The van der Waals surface area contributed by atoms with Crippen molar-refractivity contribution in [2.24, 2.45) is 0 Å². The first-order valence-corrected chi connectivity index (χ1v) is 8.55. The van der Waals surface area contributed by atoms with Gasteiger partial charge in [0.05, 0.1) is 11.3 Å². The van der Waals surface area contributed by atoms with E-state index in [1.54, 1.807) is 17.3 Å². The van der Waals surface area contributed by atoms with Crippen LogP contribution in [0.2, 0.25) is 0 Å². The number of rotatable bonds is 2. The maximum atomic E-state index is 12.9. The van der Waals surface area contributed by atoms with E-state index < -0.39 is 17.6 Å². The Hall–Kier alpha value is -2.97. The van der Waals surface area contributed by atoms with E-state index in [1.807, 2.05) is 0 Å². The van der Waals surface area contributed by atoms with Crippen LogP contribution in [0, 0.1) is 0 Å². The molecule has 1 amide bonds. The van der Waals surface area contributed by atoms with Crippen LogP contribution in [0.3, 0.4) is 0 Å². The van der Waals surface area contributed by atoms with Crippen molar-refractivity contribution in [2.75, 3.05) is 13.1 Å². The van der Waals surface area contributed by atoms with Crippen molar-refractivity contribution in [1.82, 2.24) is 25.1 Å². The van der Waals surface area contributed by atoms with Gasteiger partial charge < -0.3 is 4.90 Å². The van der Waals surface area contributed by atoms with Crippen LogP contribution >= 0.6 is 0 Å². The van der Waals surface area contributed by atoms with Gasteiger partial charge >= 0.3 is 6.18 Å². The maximum absolute atomic E-state index is 12.9. The number of aromatic amines is 1. The van der Waals surface area contributed by atoms with Crippen molar-refractivity contribution in [3.8, 4) is 0 Å². The molecule has 9 heteroatoms. The standard InChI is InChI=1S/C18H16F3N5O/c19-18(20,21)13-5-1-3-11(9-13)17(27)26-8-2-4-12(10-26)14-15-16(25-24-14)23-7-6-22-15/h1,3,5-7,9,12H,2,4,8,10H2,(H,23,24,25). The highest BCUT2D eigenvalue weighted by atomic mass is 19.4. The summed E-state index contributed by atoms with van der Waals surface area (Å²) in [5, 5.41) is 7.08. The molecule has 27 heavy (non-hydrogen) atoms. The second-order valence-corrected chi connectivity index (χ2v) is 6.53. The van der Waals surface area contributed by atoms with Crippen molar-refractivity contribution in [3.63, 3.8) is 0 Å². The fourth-order valence-corrected chi connectivity index (χ4v) is 3.46. The normalized spacial score (nSPS) is 18.0. The molecular formula is C18H16F3N5O. The number of alkyl halides is 3. The fraction of sp³-hybridized carbons (Fsp3) is 0.333. The highest BCUT2D eigenvalue weighted by Gasteiger charge is 2.32. The van der Waals surface area contributed by atoms with Gasteiger partial charge in [0.2, 0.25) is 0 Å². The van der Waals surface area contributed by atoms with Crippen LogP contribution in [0.15, 0.2) is 36.7 Å². The zero-order chi connectivity index (χ0) is 19.0. The summed E-state index contributed by atoms with van der Waals surface area (Å²) in [4.78, 5) is 22.8. The fourth-order valence-electron chi connectivity index (χ4n) is 3.46. The average molecular weight is 375 g/mol. The predicted molar refractivity (Wildman–Crippen MR) is 91.0 cm³/mol. The number of likely N-dealkylation sites (tertiary alicyclic amines) is 1. The number of carbonyl (C=O) groups excluding carboxylic acids is 1. The van der Waals surface area contributed by atoms with Crippen molar-refractivity contribution in [2.45, 2.75) is 24.9 Å². The predicted octanol–water partition coefficient (Wildman–Crippen LogP) is 3.39. The molecule has 0 bridgehead atoms. The number of piperidine rings is 1. The molecule has 1 saturated heterocycles. The van der Waals surface area contributed by atoms with E-state index in [0.29, 0.717) is 24.3 Å². The number of halogens is 3. The SMILES string of the molecule is O=C(c1cccc(C(F)(F)F)c1)N1CCCC(c2[nH]nc3nccnc23)C1.